The first-order valence-electron chi connectivity index (χ1n) is 14.6. The van der Waals surface area contributed by atoms with Gasteiger partial charge in [0, 0.05) is 74.3 Å². The van der Waals surface area contributed by atoms with Crippen molar-refractivity contribution in [3.63, 3.8) is 0 Å². The molecule has 14 nitrogen and oxygen atoms in total. The Morgan fingerprint density at radius 2 is 1.62 bits per heavy atom. The van der Waals surface area contributed by atoms with Crippen LogP contribution in [0.25, 0.3) is 22.1 Å². The number of nitrogens with zero attached hydrogens (tertiary/aromatic N) is 8. The molecule has 2 amide bonds. The molecule has 0 unspecified atom stereocenters. The Hall–Kier alpha value is -4.09. The normalized spacial score (nSPS) is 16.4. The maximum Gasteiger partial charge on any atom is 0.319 e. The van der Waals surface area contributed by atoms with Crippen LogP contribution in [0.15, 0.2) is 54.9 Å². The van der Waals surface area contributed by atoms with Crippen molar-refractivity contribution < 1.29 is 17.9 Å². The molecular weight excluding hydrogens is 617 g/mol. The summed E-state index contributed by atoms with van der Waals surface area (Å²) in [7, 11) is -3.17. The number of carbonyl (C=O) groups is 1. The van der Waals surface area contributed by atoms with Crippen LogP contribution in [0.2, 0.25) is 0 Å². The highest BCUT2D eigenvalue weighted by Crippen LogP contribution is 2.30. The maximum atomic E-state index is 12.4. The van der Waals surface area contributed by atoms with Gasteiger partial charge in [-0.2, -0.15) is 14.3 Å². The minimum absolute atomic E-state index is 0.215. The lowest BCUT2D eigenvalue weighted by molar-refractivity contribution is 0.122. The Morgan fingerprint density at radius 3 is 2.33 bits per heavy atom. The first-order chi connectivity index (χ1) is 21.8. The number of urea groups is 1. The monoisotopic (exact) mass is 650 g/mol. The van der Waals surface area contributed by atoms with Crippen molar-refractivity contribution in [2.75, 3.05) is 69.0 Å². The number of hydrogen-bond acceptors (Lipinski definition) is 12. The van der Waals surface area contributed by atoms with Crippen LogP contribution in [-0.4, -0.2) is 107 Å². The number of aromatic nitrogens is 5. The van der Waals surface area contributed by atoms with Gasteiger partial charge in [-0.05, 0) is 42.5 Å². The van der Waals surface area contributed by atoms with Gasteiger partial charge in [0.2, 0.25) is 16.0 Å². The maximum absolute atomic E-state index is 12.4. The van der Waals surface area contributed by atoms with Crippen LogP contribution >= 0.6 is 11.3 Å². The highest BCUT2D eigenvalue weighted by molar-refractivity contribution is 7.88. The summed E-state index contributed by atoms with van der Waals surface area (Å²) >= 11 is 1.62. The second kappa shape index (κ2) is 13.9. The number of nitrogens with one attached hydrogen (secondary N) is 2. The SMILES string of the molecule is CS(=O)(=O)N1CCN(Cc2ccc(-c3nc(-c4ccc(NC(=O)NCc5ncccn5)cc4)nc(N4CCOCC4)n3)s2)CC1. The van der Waals surface area contributed by atoms with E-state index in [1.807, 2.05) is 18.2 Å². The molecule has 0 saturated carbocycles. The van der Waals surface area contributed by atoms with Crippen molar-refractivity contribution in [1.29, 1.82) is 0 Å². The number of amides is 2. The second-order valence-electron chi connectivity index (χ2n) is 10.6. The van der Waals surface area contributed by atoms with Gasteiger partial charge in [0.1, 0.15) is 5.82 Å². The topological polar surface area (TPSA) is 159 Å². The fraction of sp³-hybridized carbons (Fsp3) is 0.379. The quantitative estimate of drug-likeness (QED) is 0.274. The van der Waals surface area contributed by atoms with Crippen molar-refractivity contribution in [3.05, 3.63) is 65.6 Å². The van der Waals surface area contributed by atoms with Crippen LogP contribution in [0.3, 0.4) is 0 Å². The van der Waals surface area contributed by atoms with Crippen molar-refractivity contribution >= 4 is 39.0 Å². The standard InChI is InChI=1S/C29H34N10O4S2/c1-45(41,42)39-13-11-37(12-14-39)20-23-7-8-24(44-23)27-34-26(35-28(36-27)38-15-17-43-18-16-38)21-3-5-22(6-4-21)33-29(40)32-19-25-30-9-2-10-31-25/h2-10H,11-20H2,1H3,(H2,32,33,40). The predicted molar refractivity (Wildman–Crippen MR) is 171 cm³/mol. The van der Waals surface area contributed by atoms with Crippen LogP contribution < -0.4 is 15.5 Å². The number of rotatable bonds is 9. The molecule has 4 aromatic rings. The number of anilines is 2. The lowest BCUT2D eigenvalue weighted by atomic mass is 10.2. The Kier molecular flexibility index (Phi) is 9.56. The van der Waals surface area contributed by atoms with E-state index in [9.17, 15) is 13.2 Å². The van der Waals surface area contributed by atoms with Crippen LogP contribution in [-0.2, 0) is 27.8 Å². The average Bonchev–Trinajstić information content (AvgIpc) is 3.53. The number of benzene rings is 1. The molecule has 2 N–H and O–H groups in total. The minimum atomic E-state index is -3.17. The van der Waals surface area contributed by atoms with Crippen molar-refractivity contribution in [1.82, 2.24) is 39.4 Å². The van der Waals surface area contributed by atoms with Crippen LogP contribution in [0.1, 0.15) is 10.7 Å². The van der Waals surface area contributed by atoms with E-state index in [0.717, 1.165) is 21.9 Å². The molecule has 2 aliphatic heterocycles. The molecule has 0 radical (unpaired) electrons. The average molecular weight is 651 g/mol. The lowest BCUT2D eigenvalue weighted by Gasteiger charge is -2.32. The number of sulfonamides is 1. The molecule has 16 heteroatoms. The Bertz CT molecular complexity index is 1710. The van der Waals surface area contributed by atoms with Crippen molar-refractivity contribution in [2.24, 2.45) is 0 Å². The zero-order valence-electron chi connectivity index (χ0n) is 24.8. The summed E-state index contributed by atoms with van der Waals surface area (Å²) in [6, 6.07) is 12.8. The second-order valence-corrected chi connectivity index (χ2v) is 13.8. The number of ether oxygens (including phenoxy) is 1. The summed E-state index contributed by atoms with van der Waals surface area (Å²) in [5.41, 5.74) is 1.41. The summed E-state index contributed by atoms with van der Waals surface area (Å²) in [6.07, 6.45) is 4.51. The molecule has 3 aromatic heterocycles. The molecule has 5 heterocycles. The molecule has 2 fully saturated rings. The highest BCUT2D eigenvalue weighted by Gasteiger charge is 2.24. The van der Waals surface area contributed by atoms with Crippen LogP contribution in [0.4, 0.5) is 16.4 Å². The number of piperazine rings is 1. The fourth-order valence-corrected chi connectivity index (χ4v) is 6.80. The number of carbonyl (C=O) groups excluding carboxylic acids is 1. The fourth-order valence-electron chi connectivity index (χ4n) is 4.99. The molecular formula is C29H34N10O4S2. The van der Waals surface area contributed by atoms with E-state index < -0.39 is 10.0 Å². The number of thiophene rings is 1. The van der Waals surface area contributed by atoms with E-state index in [1.54, 1.807) is 41.9 Å². The van der Waals surface area contributed by atoms with Crippen molar-refractivity contribution in [3.8, 4) is 22.1 Å². The molecule has 45 heavy (non-hydrogen) atoms. The van der Waals surface area contributed by atoms with E-state index in [4.69, 9.17) is 19.7 Å². The summed E-state index contributed by atoms with van der Waals surface area (Å²) in [5.74, 6) is 2.24. The van der Waals surface area contributed by atoms with Crippen LogP contribution in [0, 0.1) is 0 Å². The Balaban J connectivity index is 1.17. The third kappa shape index (κ3) is 8.15. The first kappa shape index (κ1) is 30.9. The van der Waals surface area contributed by atoms with E-state index in [0.29, 0.717) is 81.6 Å². The summed E-state index contributed by atoms with van der Waals surface area (Å²) in [6.45, 7) is 5.89. The molecule has 0 atom stereocenters. The van der Waals surface area contributed by atoms with Gasteiger partial charge in [-0.3, -0.25) is 4.90 Å². The molecule has 0 spiro atoms. The van der Waals surface area contributed by atoms with Crippen molar-refractivity contribution in [2.45, 2.75) is 13.1 Å². The van der Waals surface area contributed by atoms with Gasteiger partial charge in [-0.15, -0.1) is 11.3 Å². The molecule has 0 bridgehead atoms. The van der Waals surface area contributed by atoms with Gasteiger partial charge >= 0.3 is 6.03 Å². The minimum Gasteiger partial charge on any atom is -0.378 e. The highest BCUT2D eigenvalue weighted by atomic mass is 32.2. The van der Waals surface area contributed by atoms with Crippen LogP contribution in [0.5, 0.6) is 0 Å². The smallest absolute Gasteiger partial charge is 0.319 e. The largest absolute Gasteiger partial charge is 0.378 e. The molecule has 6 rings (SSSR count). The van der Waals surface area contributed by atoms with Gasteiger partial charge in [0.15, 0.2) is 11.6 Å². The van der Waals surface area contributed by atoms with E-state index in [-0.39, 0.29) is 12.6 Å². The first-order valence-corrected chi connectivity index (χ1v) is 17.2. The number of morpholine rings is 1. The molecule has 0 aliphatic carbocycles. The summed E-state index contributed by atoms with van der Waals surface area (Å²) in [5, 5.41) is 5.57. The zero-order valence-corrected chi connectivity index (χ0v) is 26.4. The third-order valence-electron chi connectivity index (χ3n) is 7.41. The van der Waals surface area contributed by atoms with E-state index >= 15 is 0 Å². The lowest BCUT2D eigenvalue weighted by Crippen LogP contribution is -2.47. The summed E-state index contributed by atoms with van der Waals surface area (Å²) in [4.78, 5) is 41.6. The Labute approximate surface area is 265 Å². The molecule has 1 aromatic carbocycles. The van der Waals surface area contributed by atoms with Gasteiger partial charge in [-0.1, -0.05) is 0 Å². The predicted octanol–water partition coefficient (Wildman–Crippen LogP) is 2.29. The Morgan fingerprint density at radius 1 is 0.911 bits per heavy atom. The van der Waals surface area contributed by atoms with Gasteiger partial charge in [0.25, 0.3) is 0 Å². The van der Waals surface area contributed by atoms with E-state index in [2.05, 4.69) is 36.5 Å². The summed E-state index contributed by atoms with van der Waals surface area (Å²) < 4.78 is 30.8. The molecule has 236 valence electrons. The van der Waals surface area contributed by atoms with Gasteiger partial charge < -0.3 is 20.3 Å². The zero-order chi connectivity index (χ0) is 31.2. The third-order valence-corrected chi connectivity index (χ3v) is 9.78. The molecule has 2 aliphatic rings. The van der Waals surface area contributed by atoms with Gasteiger partial charge in [0.05, 0.1) is 30.9 Å². The van der Waals surface area contributed by atoms with E-state index in [1.165, 1.54) is 10.6 Å². The van der Waals surface area contributed by atoms with Gasteiger partial charge in [-0.25, -0.2) is 28.2 Å². The number of hydrogen-bond donors (Lipinski definition) is 2. The molecule has 2 saturated heterocycles.